The molecule has 84 valence electrons. The van der Waals surface area contributed by atoms with Crippen LogP contribution in [0.1, 0.15) is 6.92 Å². The molecular formula is C8H13N3O3S. The number of nitrogens with zero attached hydrogens (tertiary/aromatic N) is 1. The highest BCUT2D eigenvalue weighted by Gasteiger charge is 2.14. The summed E-state index contributed by atoms with van der Waals surface area (Å²) in [6.45, 7) is 1.45. The van der Waals surface area contributed by atoms with Gasteiger partial charge in [0.25, 0.3) is 0 Å². The number of rotatable bonds is 4. The van der Waals surface area contributed by atoms with Crippen molar-refractivity contribution in [3.05, 3.63) is 18.3 Å². The number of aliphatic hydroxyl groups excluding tert-OH is 1. The van der Waals surface area contributed by atoms with Crippen molar-refractivity contribution in [3.63, 3.8) is 0 Å². The van der Waals surface area contributed by atoms with Gasteiger partial charge >= 0.3 is 0 Å². The van der Waals surface area contributed by atoms with Crippen molar-refractivity contribution in [1.29, 1.82) is 0 Å². The summed E-state index contributed by atoms with van der Waals surface area (Å²) in [4.78, 5) is 3.69. The molecule has 0 spiro atoms. The summed E-state index contributed by atoms with van der Waals surface area (Å²) in [6.07, 6.45) is 0.432. The van der Waals surface area contributed by atoms with Gasteiger partial charge in [-0.2, -0.15) is 0 Å². The van der Waals surface area contributed by atoms with Crippen LogP contribution in [0.25, 0.3) is 0 Å². The zero-order chi connectivity index (χ0) is 11.5. The number of nitrogen functional groups attached to an aromatic ring is 1. The maximum atomic E-state index is 11.5. The monoisotopic (exact) mass is 231 g/mol. The van der Waals surface area contributed by atoms with E-state index in [1.54, 1.807) is 0 Å². The van der Waals surface area contributed by atoms with E-state index in [0.717, 1.165) is 0 Å². The molecule has 15 heavy (non-hydrogen) atoms. The van der Waals surface area contributed by atoms with Crippen molar-refractivity contribution < 1.29 is 13.5 Å². The second-order valence-corrected chi connectivity index (χ2v) is 4.89. The molecule has 4 N–H and O–H groups in total. The predicted molar refractivity (Wildman–Crippen MR) is 55.5 cm³/mol. The average Bonchev–Trinajstić information content (AvgIpc) is 2.16. The molecule has 1 heterocycles. The highest BCUT2D eigenvalue weighted by molar-refractivity contribution is 7.89. The van der Waals surface area contributed by atoms with E-state index in [0.29, 0.717) is 0 Å². The summed E-state index contributed by atoms with van der Waals surface area (Å²) in [6, 6.07) is 2.75. The number of nitrogens with two attached hydrogens (primary N) is 1. The third kappa shape index (κ3) is 3.46. The topological polar surface area (TPSA) is 105 Å². The zero-order valence-electron chi connectivity index (χ0n) is 8.21. The van der Waals surface area contributed by atoms with Crippen molar-refractivity contribution >= 4 is 15.8 Å². The number of aromatic nitrogens is 1. The lowest BCUT2D eigenvalue weighted by Gasteiger charge is -2.07. The highest BCUT2D eigenvalue weighted by atomic mass is 32.2. The van der Waals surface area contributed by atoms with Crippen LogP contribution in [0.4, 0.5) is 5.82 Å². The van der Waals surface area contributed by atoms with Gasteiger partial charge in [-0.1, -0.05) is 0 Å². The minimum Gasteiger partial charge on any atom is -0.392 e. The Labute approximate surface area is 88.2 Å². The van der Waals surface area contributed by atoms with Crippen LogP contribution >= 0.6 is 0 Å². The van der Waals surface area contributed by atoms with Gasteiger partial charge in [-0.25, -0.2) is 18.1 Å². The van der Waals surface area contributed by atoms with Gasteiger partial charge in [0.15, 0.2) is 0 Å². The fraction of sp³-hybridized carbons (Fsp3) is 0.375. The van der Waals surface area contributed by atoms with Crippen molar-refractivity contribution in [2.45, 2.75) is 17.9 Å². The number of hydrogen-bond acceptors (Lipinski definition) is 5. The predicted octanol–water partition coefficient (Wildman–Crippen LogP) is -0.677. The fourth-order valence-corrected chi connectivity index (χ4v) is 1.93. The minimum absolute atomic E-state index is 0.0253. The van der Waals surface area contributed by atoms with Crippen molar-refractivity contribution in [1.82, 2.24) is 9.71 Å². The highest BCUT2D eigenvalue weighted by Crippen LogP contribution is 2.08. The Balaban J connectivity index is 2.82. The third-order valence-electron chi connectivity index (χ3n) is 1.64. The van der Waals surface area contributed by atoms with Crippen LogP contribution in [-0.4, -0.2) is 31.2 Å². The molecule has 1 rings (SSSR count). The molecule has 0 fully saturated rings. The summed E-state index contributed by atoms with van der Waals surface area (Å²) in [5.74, 6) is 0.254. The van der Waals surface area contributed by atoms with Gasteiger partial charge in [0.1, 0.15) is 10.7 Å². The number of pyridine rings is 1. The summed E-state index contributed by atoms with van der Waals surface area (Å²) in [5, 5.41) is 8.94. The molecule has 0 aliphatic rings. The van der Waals surface area contributed by atoms with Crippen molar-refractivity contribution in [2.75, 3.05) is 12.3 Å². The Bertz CT molecular complexity index is 413. The first-order valence-corrected chi connectivity index (χ1v) is 5.79. The Morgan fingerprint density at radius 1 is 1.60 bits per heavy atom. The third-order valence-corrected chi connectivity index (χ3v) is 3.05. The first-order chi connectivity index (χ1) is 6.92. The van der Waals surface area contributed by atoms with Gasteiger partial charge in [0.2, 0.25) is 10.0 Å². The summed E-state index contributed by atoms with van der Waals surface area (Å²) < 4.78 is 25.3. The lowest BCUT2D eigenvalue weighted by molar-refractivity contribution is 0.198. The zero-order valence-corrected chi connectivity index (χ0v) is 9.03. The quantitative estimate of drug-likeness (QED) is 0.637. The number of hydrogen-bond donors (Lipinski definition) is 3. The van der Waals surface area contributed by atoms with E-state index in [-0.39, 0.29) is 17.3 Å². The van der Waals surface area contributed by atoms with E-state index in [2.05, 4.69) is 9.71 Å². The smallest absolute Gasteiger partial charge is 0.242 e. The molecular weight excluding hydrogens is 218 g/mol. The first-order valence-electron chi connectivity index (χ1n) is 4.31. The molecule has 0 aromatic carbocycles. The fourth-order valence-electron chi connectivity index (χ4n) is 0.864. The van der Waals surface area contributed by atoms with Gasteiger partial charge in [-0.15, -0.1) is 0 Å². The van der Waals surface area contributed by atoms with E-state index in [1.807, 2.05) is 0 Å². The van der Waals surface area contributed by atoms with E-state index < -0.39 is 16.1 Å². The van der Waals surface area contributed by atoms with Gasteiger partial charge in [0, 0.05) is 12.7 Å². The normalized spacial score (nSPS) is 13.7. The molecule has 6 nitrogen and oxygen atoms in total. The van der Waals surface area contributed by atoms with Crippen LogP contribution in [0, 0.1) is 0 Å². The molecule has 0 amide bonds. The molecule has 1 unspecified atom stereocenters. The molecule has 0 saturated heterocycles. The Morgan fingerprint density at radius 3 is 2.73 bits per heavy atom. The Morgan fingerprint density at radius 2 is 2.27 bits per heavy atom. The maximum Gasteiger partial charge on any atom is 0.242 e. The lowest BCUT2D eigenvalue weighted by atomic mass is 10.4. The number of aliphatic hydroxyl groups is 1. The van der Waals surface area contributed by atoms with Crippen LogP contribution in [0.2, 0.25) is 0 Å². The maximum absolute atomic E-state index is 11.5. The van der Waals surface area contributed by atoms with Gasteiger partial charge in [0.05, 0.1) is 6.10 Å². The van der Waals surface area contributed by atoms with E-state index in [9.17, 15) is 8.42 Å². The molecule has 1 atom stereocenters. The molecule has 0 aliphatic carbocycles. The van der Waals surface area contributed by atoms with Crippen LogP contribution in [0.5, 0.6) is 0 Å². The lowest BCUT2D eigenvalue weighted by Crippen LogP contribution is -2.30. The van der Waals surface area contributed by atoms with Crippen LogP contribution < -0.4 is 10.5 Å². The van der Waals surface area contributed by atoms with E-state index >= 15 is 0 Å². The molecule has 0 saturated carbocycles. The SMILES string of the molecule is CC(O)CNS(=O)(=O)c1ccc(N)nc1. The summed E-state index contributed by atoms with van der Waals surface area (Å²) in [7, 11) is -3.60. The molecule has 7 heteroatoms. The number of anilines is 1. The Hall–Kier alpha value is -1.18. The minimum atomic E-state index is -3.60. The summed E-state index contributed by atoms with van der Waals surface area (Å²) in [5.41, 5.74) is 5.33. The Kier molecular flexibility index (Phi) is 3.61. The van der Waals surface area contributed by atoms with Crippen molar-refractivity contribution in [3.8, 4) is 0 Å². The second-order valence-electron chi connectivity index (χ2n) is 3.12. The van der Waals surface area contributed by atoms with Gasteiger partial charge in [-0.3, -0.25) is 0 Å². The van der Waals surface area contributed by atoms with Crippen LogP contribution in [0.3, 0.4) is 0 Å². The van der Waals surface area contributed by atoms with Gasteiger partial charge in [-0.05, 0) is 19.1 Å². The molecule has 0 bridgehead atoms. The van der Waals surface area contributed by atoms with Crippen LogP contribution in [0.15, 0.2) is 23.2 Å². The van der Waals surface area contributed by atoms with E-state index in [4.69, 9.17) is 10.8 Å². The standard InChI is InChI=1S/C8H13N3O3S/c1-6(12)4-11-15(13,14)7-2-3-8(9)10-5-7/h2-3,5-6,11-12H,4H2,1H3,(H2,9,10). The number of nitrogens with one attached hydrogen (secondary N) is 1. The van der Waals surface area contributed by atoms with Crippen molar-refractivity contribution in [2.24, 2.45) is 0 Å². The second kappa shape index (κ2) is 4.56. The van der Waals surface area contributed by atoms with Crippen LogP contribution in [-0.2, 0) is 10.0 Å². The summed E-state index contributed by atoms with van der Waals surface area (Å²) >= 11 is 0. The first kappa shape index (κ1) is 11.9. The molecule has 0 aliphatic heterocycles. The van der Waals surface area contributed by atoms with E-state index in [1.165, 1.54) is 25.3 Å². The molecule has 1 aromatic heterocycles. The van der Waals surface area contributed by atoms with Gasteiger partial charge < -0.3 is 10.8 Å². The average molecular weight is 231 g/mol. The largest absolute Gasteiger partial charge is 0.392 e. The molecule has 1 aromatic rings. The number of sulfonamides is 1. The molecule has 0 radical (unpaired) electrons.